The van der Waals surface area contributed by atoms with E-state index in [2.05, 4.69) is 15.9 Å². The Labute approximate surface area is 162 Å². The van der Waals surface area contributed by atoms with Crippen LogP contribution < -0.4 is 10.4 Å². The normalized spacial score (nSPS) is 15.7. The summed E-state index contributed by atoms with van der Waals surface area (Å²) >= 11 is 3.44. The van der Waals surface area contributed by atoms with Gasteiger partial charge in [-0.1, -0.05) is 28.8 Å². The first kappa shape index (κ1) is 19.3. The molecule has 3 rings (SSSR count). The van der Waals surface area contributed by atoms with E-state index in [1.165, 1.54) is 0 Å². The molecule has 0 amide bonds. The van der Waals surface area contributed by atoms with Crippen molar-refractivity contribution in [2.75, 3.05) is 5.33 Å². The molecule has 1 aromatic carbocycles. The smallest absolute Gasteiger partial charge is 0.339 e. The summed E-state index contributed by atoms with van der Waals surface area (Å²) in [6.45, 7) is 5.95. The summed E-state index contributed by atoms with van der Waals surface area (Å²) < 4.78 is 11.5. The molecule has 26 heavy (non-hydrogen) atoms. The first-order valence-corrected chi connectivity index (χ1v) is 10.5. The van der Waals surface area contributed by atoms with Crippen molar-refractivity contribution in [3.63, 3.8) is 0 Å². The summed E-state index contributed by atoms with van der Waals surface area (Å²) in [7, 11) is 0. The number of alkyl halides is 1. The van der Waals surface area contributed by atoms with Crippen molar-refractivity contribution in [2.24, 2.45) is 0 Å². The lowest BCUT2D eigenvalue weighted by atomic mass is 9.91. The Kier molecular flexibility index (Phi) is 5.66. The lowest BCUT2D eigenvalue weighted by Gasteiger charge is -2.33. The predicted molar refractivity (Wildman–Crippen MR) is 108 cm³/mol. The molecule has 1 aromatic heterocycles. The zero-order valence-corrected chi connectivity index (χ0v) is 17.4. The van der Waals surface area contributed by atoms with E-state index in [1.54, 1.807) is 0 Å². The van der Waals surface area contributed by atoms with Gasteiger partial charge in [-0.25, -0.2) is 4.79 Å². The average Bonchev–Trinajstić information content (AvgIpc) is 2.59. The van der Waals surface area contributed by atoms with Gasteiger partial charge in [0.15, 0.2) is 11.3 Å². The molecular weight excluding hydrogens is 396 g/mol. The maximum atomic E-state index is 12.5. The predicted octanol–water partition coefficient (Wildman–Crippen LogP) is 5.41. The van der Waals surface area contributed by atoms with Crippen LogP contribution in [0, 0.1) is 6.92 Å². The molecule has 0 atom stereocenters. The van der Waals surface area contributed by atoms with E-state index in [0.717, 1.165) is 65.9 Å². The highest BCUT2D eigenvalue weighted by Crippen LogP contribution is 2.44. The lowest BCUT2D eigenvalue weighted by Crippen LogP contribution is -2.32. The summed E-state index contributed by atoms with van der Waals surface area (Å²) in [6.07, 6.45) is 6.83. The van der Waals surface area contributed by atoms with Crippen LogP contribution in [0.3, 0.4) is 0 Å². The van der Waals surface area contributed by atoms with Gasteiger partial charge in [0.05, 0.1) is 0 Å². The molecule has 2 heterocycles. The number of rotatable bonds is 6. The number of halogens is 1. The molecule has 1 N–H and O–H groups in total. The fraction of sp³-hybridized carbons (Fsp3) is 0.571. The first-order chi connectivity index (χ1) is 12.3. The molecule has 142 valence electrons. The number of benzene rings is 1. The second-order valence-electron chi connectivity index (χ2n) is 7.80. The highest BCUT2D eigenvalue weighted by molar-refractivity contribution is 9.09. The van der Waals surface area contributed by atoms with Crippen LogP contribution in [-0.4, -0.2) is 16.0 Å². The largest absolute Gasteiger partial charge is 0.502 e. The number of unbranched alkanes of at least 4 members (excludes halogenated alkanes) is 3. The minimum absolute atomic E-state index is 0.0469. The fourth-order valence-electron chi connectivity index (χ4n) is 3.64. The van der Waals surface area contributed by atoms with Gasteiger partial charge in [-0.15, -0.1) is 0 Å². The Morgan fingerprint density at radius 2 is 1.96 bits per heavy atom. The number of phenolic OH excluding ortho intramolecular Hbond substituents is 1. The lowest BCUT2D eigenvalue weighted by molar-refractivity contribution is 0.0808. The number of ether oxygens (including phenoxy) is 1. The third-order valence-electron chi connectivity index (χ3n) is 5.27. The van der Waals surface area contributed by atoms with Gasteiger partial charge in [-0.05, 0) is 70.1 Å². The van der Waals surface area contributed by atoms with Crippen molar-refractivity contribution in [1.82, 2.24) is 0 Å². The van der Waals surface area contributed by atoms with E-state index < -0.39 is 0 Å². The molecule has 0 spiro atoms. The van der Waals surface area contributed by atoms with Crippen molar-refractivity contribution in [1.29, 1.82) is 0 Å². The Bertz CT molecular complexity index is 867. The molecule has 1 aliphatic heterocycles. The van der Waals surface area contributed by atoms with Crippen LogP contribution in [-0.2, 0) is 12.8 Å². The van der Waals surface area contributed by atoms with Crippen LogP contribution in [0.4, 0.5) is 0 Å². The van der Waals surface area contributed by atoms with Crippen molar-refractivity contribution < 1.29 is 14.3 Å². The second kappa shape index (κ2) is 7.63. The topological polar surface area (TPSA) is 59.7 Å². The number of aromatic hydroxyl groups is 1. The minimum atomic E-state index is -0.346. The zero-order chi connectivity index (χ0) is 18.9. The van der Waals surface area contributed by atoms with Gasteiger partial charge in [-0.2, -0.15) is 0 Å². The molecule has 0 saturated carbocycles. The van der Waals surface area contributed by atoms with Crippen LogP contribution in [0.5, 0.6) is 11.5 Å². The number of phenols is 1. The van der Waals surface area contributed by atoms with E-state index in [-0.39, 0.29) is 22.6 Å². The van der Waals surface area contributed by atoms with E-state index in [0.29, 0.717) is 12.2 Å². The number of aryl methyl sites for hydroxylation is 2. The zero-order valence-electron chi connectivity index (χ0n) is 15.8. The average molecular weight is 423 g/mol. The molecule has 0 saturated heterocycles. The van der Waals surface area contributed by atoms with Crippen molar-refractivity contribution >= 4 is 26.9 Å². The van der Waals surface area contributed by atoms with Gasteiger partial charge in [0, 0.05) is 16.3 Å². The minimum Gasteiger partial charge on any atom is -0.502 e. The Hall–Kier alpha value is -1.49. The summed E-state index contributed by atoms with van der Waals surface area (Å²) in [5, 5.41) is 12.5. The molecule has 2 aromatic rings. The van der Waals surface area contributed by atoms with Crippen molar-refractivity contribution in [2.45, 2.75) is 71.3 Å². The summed E-state index contributed by atoms with van der Waals surface area (Å²) in [5.74, 6) is 0.410. The SMILES string of the molecule is Cc1c(CCCCCCBr)c(=O)oc2c(O)c3c(cc12)CCC(C)(C)O3. The van der Waals surface area contributed by atoms with Crippen molar-refractivity contribution in [3.05, 3.63) is 33.2 Å². The number of fused-ring (bicyclic) bond motifs is 2. The van der Waals surface area contributed by atoms with Crippen LogP contribution in [0.1, 0.15) is 62.6 Å². The van der Waals surface area contributed by atoms with E-state index >= 15 is 0 Å². The highest BCUT2D eigenvalue weighted by atomic mass is 79.9. The maximum absolute atomic E-state index is 12.5. The van der Waals surface area contributed by atoms with Crippen LogP contribution in [0.25, 0.3) is 11.0 Å². The Morgan fingerprint density at radius 3 is 2.69 bits per heavy atom. The van der Waals surface area contributed by atoms with E-state index in [1.807, 2.05) is 26.8 Å². The third kappa shape index (κ3) is 3.78. The molecule has 0 unspecified atom stereocenters. The monoisotopic (exact) mass is 422 g/mol. The van der Waals surface area contributed by atoms with Gasteiger partial charge >= 0.3 is 5.63 Å². The Morgan fingerprint density at radius 1 is 1.23 bits per heavy atom. The van der Waals surface area contributed by atoms with E-state index in [4.69, 9.17) is 9.15 Å². The number of hydrogen-bond donors (Lipinski definition) is 1. The molecule has 0 aliphatic carbocycles. The quantitative estimate of drug-likeness (QED) is 0.384. The fourth-order valence-corrected chi connectivity index (χ4v) is 4.04. The highest BCUT2D eigenvalue weighted by Gasteiger charge is 2.31. The van der Waals surface area contributed by atoms with Crippen molar-refractivity contribution in [3.8, 4) is 11.5 Å². The summed E-state index contributed by atoms with van der Waals surface area (Å²) in [5.41, 5.74) is 2.19. The van der Waals surface area contributed by atoms with Gasteiger partial charge < -0.3 is 14.3 Å². The molecule has 4 nitrogen and oxygen atoms in total. The van der Waals surface area contributed by atoms with E-state index in [9.17, 15) is 9.90 Å². The molecular formula is C21H27BrO4. The standard InChI is InChI=1S/C21H27BrO4/c1-13-15(8-6-4-5-7-11-22)20(24)25-19-16(13)12-14-9-10-21(2,3)26-18(14)17(19)23/h12,23H,4-11H2,1-3H3. The van der Waals surface area contributed by atoms with Crippen LogP contribution >= 0.6 is 15.9 Å². The molecule has 0 fully saturated rings. The molecule has 5 heteroatoms. The van der Waals surface area contributed by atoms with Gasteiger partial charge in [0.2, 0.25) is 5.75 Å². The maximum Gasteiger partial charge on any atom is 0.339 e. The van der Waals surface area contributed by atoms with Crippen LogP contribution in [0.15, 0.2) is 15.3 Å². The number of hydrogen-bond acceptors (Lipinski definition) is 4. The summed E-state index contributed by atoms with van der Waals surface area (Å²) in [6, 6.07) is 2.02. The molecule has 1 aliphatic rings. The molecule has 0 radical (unpaired) electrons. The van der Waals surface area contributed by atoms with Gasteiger partial charge in [0.25, 0.3) is 0 Å². The Balaban J connectivity index is 1.98. The van der Waals surface area contributed by atoms with Crippen LogP contribution in [0.2, 0.25) is 0 Å². The molecule has 0 bridgehead atoms. The van der Waals surface area contributed by atoms with Gasteiger partial charge in [-0.3, -0.25) is 0 Å². The summed E-state index contributed by atoms with van der Waals surface area (Å²) in [4.78, 5) is 12.5. The van der Waals surface area contributed by atoms with Gasteiger partial charge in [0.1, 0.15) is 5.60 Å². The first-order valence-electron chi connectivity index (χ1n) is 9.40. The third-order valence-corrected chi connectivity index (χ3v) is 5.83. The second-order valence-corrected chi connectivity index (χ2v) is 8.59.